The average Bonchev–Trinajstić information content (AvgIpc) is 2.89. The lowest BCUT2D eigenvalue weighted by molar-refractivity contribution is -0.119. The van der Waals surface area contributed by atoms with Crippen LogP contribution in [0.25, 0.3) is 0 Å². The predicted molar refractivity (Wildman–Crippen MR) is 123 cm³/mol. The average molecular weight is 425 g/mol. The first-order valence-electron chi connectivity index (χ1n) is 11.1. The number of anilines is 3. The molecule has 1 saturated carbocycles. The van der Waals surface area contributed by atoms with Crippen molar-refractivity contribution in [1.29, 1.82) is 0 Å². The van der Waals surface area contributed by atoms with Gasteiger partial charge < -0.3 is 5.32 Å². The number of nitrogens with zero attached hydrogens (tertiary/aromatic N) is 1. The second-order valence-electron chi connectivity index (χ2n) is 8.49. The van der Waals surface area contributed by atoms with Crippen LogP contribution in [-0.2, 0) is 4.79 Å². The number of halogens is 1. The lowest BCUT2D eigenvalue weighted by Crippen LogP contribution is -2.29. The standard InChI is InChI=1S/C25H29ClN2O2/c26-16-6-5-7-18-12-14-19(15-13-18)17-24(29)28-22-10-3-1-8-20(22)25(30)27-21-9-2-4-11-23(21)28/h1-4,8-11,18-19H,5-7,12-17H2,(H,27,30). The molecule has 1 aliphatic heterocycles. The normalized spacial score (nSPS) is 20.7. The Hall–Kier alpha value is -2.33. The molecule has 0 atom stereocenters. The number of para-hydroxylation sites is 3. The molecule has 2 aromatic carbocycles. The van der Waals surface area contributed by atoms with Crippen molar-refractivity contribution in [2.24, 2.45) is 11.8 Å². The first kappa shape index (κ1) is 20.9. The number of nitrogens with one attached hydrogen (secondary N) is 1. The number of rotatable bonds is 6. The van der Waals surface area contributed by atoms with Gasteiger partial charge in [0.05, 0.1) is 22.6 Å². The van der Waals surface area contributed by atoms with Crippen LogP contribution in [0.2, 0.25) is 0 Å². The fraction of sp³-hybridized carbons (Fsp3) is 0.440. The molecule has 0 aromatic heterocycles. The molecule has 1 aliphatic carbocycles. The maximum absolute atomic E-state index is 13.5. The third-order valence-electron chi connectivity index (χ3n) is 6.46. The first-order chi connectivity index (χ1) is 14.7. The van der Waals surface area contributed by atoms with Gasteiger partial charge in [-0.1, -0.05) is 49.9 Å². The van der Waals surface area contributed by atoms with E-state index in [1.54, 1.807) is 11.0 Å². The van der Waals surface area contributed by atoms with Crippen LogP contribution < -0.4 is 10.2 Å². The van der Waals surface area contributed by atoms with Gasteiger partial charge >= 0.3 is 0 Å². The zero-order valence-corrected chi connectivity index (χ0v) is 18.0. The van der Waals surface area contributed by atoms with Crippen LogP contribution in [-0.4, -0.2) is 17.7 Å². The second-order valence-corrected chi connectivity index (χ2v) is 8.87. The highest BCUT2D eigenvalue weighted by molar-refractivity contribution is 6.18. The quantitative estimate of drug-likeness (QED) is 0.423. The van der Waals surface area contributed by atoms with Crippen LogP contribution >= 0.6 is 11.6 Å². The van der Waals surface area contributed by atoms with Gasteiger partial charge in [0.25, 0.3) is 5.91 Å². The lowest BCUT2D eigenvalue weighted by atomic mass is 9.78. The van der Waals surface area contributed by atoms with Crippen LogP contribution in [0.3, 0.4) is 0 Å². The Morgan fingerprint density at radius 1 is 0.933 bits per heavy atom. The number of unbranched alkanes of at least 4 members (excludes halogenated alkanes) is 1. The Bertz CT molecular complexity index is 906. The number of alkyl halides is 1. The minimum atomic E-state index is -0.175. The maximum atomic E-state index is 13.5. The van der Waals surface area contributed by atoms with Gasteiger partial charge in [0.15, 0.2) is 0 Å². The number of carbonyl (C=O) groups is 2. The summed E-state index contributed by atoms with van der Waals surface area (Å²) < 4.78 is 0. The van der Waals surface area contributed by atoms with E-state index in [9.17, 15) is 9.59 Å². The topological polar surface area (TPSA) is 49.4 Å². The van der Waals surface area contributed by atoms with Crippen molar-refractivity contribution >= 4 is 40.5 Å². The van der Waals surface area contributed by atoms with Crippen molar-refractivity contribution in [3.05, 3.63) is 54.1 Å². The van der Waals surface area contributed by atoms with Crippen molar-refractivity contribution in [2.45, 2.75) is 51.4 Å². The number of fused-ring (bicyclic) bond motifs is 2. The lowest BCUT2D eigenvalue weighted by Gasteiger charge is -2.30. The summed E-state index contributed by atoms with van der Waals surface area (Å²) in [6.07, 6.45) is 8.69. The highest BCUT2D eigenvalue weighted by Crippen LogP contribution is 2.40. The number of amides is 2. The number of hydrogen-bond donors (Lipinski definition) is 1. The van der Waals surface area contributed by atoms with Gasteiger partial charge in [-0.05, 0) is 55.4 Å². The summed E-state index contributed by atoms with van der Waals surface area (Å²) in [4.78, 5) is 28.0. The molecule has 1 N–H and O–H groups in total. The molecule has 1 heterocycles. The fourth-order valence-electron chi connectivity index (χ4n) is 4.81. The van der Waals surface area contributed by atoms with Crippen LogP contribution in [0.5, 0.6) is 0 Å². The SMILES string of the molecule is O=C1Nc2ccccc2N(C(=O)CC2CCC(CCCCCl)CC2)c2ccccc21. The largest absolute Gasteiger partial charge is 0.320 e. The third-order valence-corrected chi connectivity index (χ3v) is 6.73. The van der Waals surface area contributed by atoms with E-state index in [-0.39, 0.29) is 11.8 Å². The Morgan fingerprint density at radius 2 is 1.60 bits per heavy atom. The van der Waals surface area contributed by atoms with Crippen LogP contribution in [0.4, 0.5) is 17.1 Å². The maximum Gasteiger partial charge on any atom is 0.257 e. The molecule has 4 nitrogen and oxygen atoms in total. The first-order valence-corrected chi connectivity index (χ1v) is 11.6. The molecular weight excluding hydrogens is 396 g/mol. The second kappa shape index (κ2) is 9.65. The molecule has 30 heavy (non-hydrogen) atoms. The molecule has 0 spiro atoms. The number of benzene rings is 2. The molecule has 0 saturated heterocycles. The molecule has 5 heteroatoms. The van der Waals surface area contributed by atoms with Gasteiger partial charge in [-0.2, -0.15) is 0 Å². The smallest absolute Gasteiger partial charge is 0.257 e. The number of carbonyl (C=O) groups excluding carboxylic acids is 2. The zero-order chi connectivity index (χ0) is 20.9. The van der Waals surface area contributed by atoms with Gasteiger partial charge in [-0.15, -0.1) is 11.6 Å². The van der Waals surface area contributed by atoms with Crippen molar-refractivity contribution in [3.8, 4) is 0 Å². The van der Waals surface area contributed by atoms with Crippen molar-refractivity contribution in [2.75, 3.05) is 16.1 Å². The monoisotopic (exact) mass is 424 g/mol. The summed E-state index contributed by atoms with van der Waals surface area (Å²) in [5.41, 5.74) is 2.62. The van der Waals surface area contributed by atoms with Crippen LogP contribution in [0, 0.1) is 11.8 Å². The van der Waals surface area contributed by atoms with Gasteiger partial charge in [0, 0.05) is 12.3 Å². The minimum Gasteiger partial charge on any atom is -0.320 e. The molecule has 1 fully saturated rings. The van der Waals surface area contributed by atoms with Crippen LogP contribution in [0.15, 0.2) is 48.5 Å². The molecule has 0 unspecified atom stereocenters. The Kier molecular flexibility index (Phi) is 6.73. The molecular formula is C25H29ClN2O2. The minimum absolute atomic E-state index is 0.0667. The summed E-state index contributed by atoms with van der Waals surface area (Å²) in [6, 6.07) is 14.9. The fourth-order valence-corrected chi connectivity index (χ4v) is 5.00. The molecule has 0 radical (unpaired) electrons. The van der Waals surface area contributed by atoms with Crippen molar-refractivity contribution in [1.82, 2.24) is 0 Å². The van der Waals surface area contributed by atoms with E-state index in [0.717, 1.165) is 36.7 Å². The zero-order valence-electron chi connectivity index (χ0n) is 17.3. The van der Waals surface area contributed by atoms with E-state index >= 15 is 0 Å². The summed E-state index contributed by atoms with van der Waals surface area (Å²) in [6.45, 7) is 0. The summed E-state index contributed by atoms with van der Waals surface area (Å²) in [5, 5.41) is 2.95. The van der Waals surface area contributed by atoms with Gasteiger partial charge in [0.2, 0.25) is 5.91 Å². The van der Waals surface area contributed by atoms with E-state index in [0.29, 0.717) is 29.3 Å². The summed E-state index contributed by atoms with van der Waals surface area (Å²) in [5.74, 6) is 1.83. The molecule has 2 amide bonds. The molecule has 2 aliphatic rings. The van der Waals surface area contributed by atoms with Gasteiger partial charge in [-0.25, -0.2) is 0 Å². The Balaban J connectivity index is 1.50. The van der Waals surface area contributed by atoms with Gasteiger partial charge in [0.1, 0.15) is 0 Å². The van der Waals surface area contributed by atoms with E-state index in [1.165, 1.54) is 25.7 Å². The van der Waals surface area contributed by atoms with Crippen molar-refractivity contribution < 1.29 is 9.59 Å². The highest BCUT2D eigenvalue weighted by atomic mass is 35.5. The Morgan fingerprint density at radius 3 is 2.37 bits per heavy atom. The van der Waals surface area contributed by atoms with E-state index < -0.39 is 0 Å². The van der Waals surface area contributed by atoms with E-state index in [1.807, 2.05) is 42.5 Å². The summed E-state index contributed by atoms with van der Waals surface area (Å²) >= 11 is 5.80. The van der Waals surface area contributed by atoms with Crippen molar-refractivity contribution in [3.63, 3.8) is 0 Å². The third kappa shape index (κ3) is 4.54. The van der Waals surface area contributed by atoms with E-state index in [2.05, 4.69) is 5.32 Å². The molecule has 158 valence electrons. The molecule has 2 aromatic rings. The number of hydrogen-bond acceptors (Lipinski definition) is 2. The molecule has 0 bridgehead atoms. The summed E-state index contributed by atoms with van der Waals surface area (Å²) in [7, 11) is 0. The highest BCUT2D eigenvalue weighted by Gasteiger charge is 2.31. The predicted octanol–water partition coefficient (Wildman–Crippen LogP) is 6.52. The van der Waals surface area contributed by atoms with E-state index in [4.69, 9.17) is 11.6 Å². The van der Waals surface area contributed by atoms with Gasteiger partial charge in [-0.3, -0.25) is 14.5 Å². The molecule has 4 rings (SSSR count). The van der Waals surface area contributed by atoms with Crippen LogP contribution in [0.1, 0.15) is 61.7 Å². The Labute approximate surface area is 183 Å².